The average molecular weight is 579 g/mol. The van der Waals surface area contributed by atoms with Crippen molar-refractivity contribution in [1.29, 1.82) is 0 Å². The van der Waals surface area contributed by atoms with Crippen molar-refractivity contribution in [3.05, 3.63) is 166 Å². The number of ketones is 1. The molecule has 0 aromatic heterocycles. The lowest BCUT2D eigenvalue weighted by atomic mass is 9.80. The minimum absolute atomic E-state index is 0.0587. The van der Waals surface area contributed by atoms with E-state index in [1.54, 1.807) is 0 Å². The minimum Gasteiger partial charge on any atom is -0.289 e. The highest BCUT2D eigenvalue weighted by molar-refractivity contribution is 6.13. The third-order valence-corrected chi connectivity index (χ3v) is 10.9. The molecule has 0 N–H and O–H groups in total. The maximum absolute atomic E-state index is 14.2. The van der Waals surface area contributed by atoms with Gasteiger partial charge in [-0.15, -0.1) is 0 Å². The van der Waals surface area contributed by atoms with Crippen molar-refractivity contribution in [2.75, 3.05) is 0 Å². The predicted molar refractivity (Wildman–Crippen MR) is 185 cm³/mol. The van der Waals surface area contributed by atoms with E-state index in [9.17, 15) is 4.79 Å². The molecule has 6 aromatic carbocycles. The Balaban J connectivity index is 1.08. The van der Waals surface area contributed by atoms with E-state index in [2.05, 4.69) is 149 Å². The lowest BCUT2D eigenvalue weighted by molar-refractivity contribution is 0.103. The summed E-state index contributed by atoms with van der Waals surface area (Å²) in [5.41, 5.74) is 19.0. The van der Waals surface area contributed by atoms with Crippen LogP contribution in [0.1, 0.15) is 77.0 Å². The van der Waals surface area contributed by atoms with Crippen LogP contribution in [0.4, 0.5) is 0 Å². The molecule has 0 radical (unpaired) electrons. The molecule has 3 aliphatic rings. The zero-order valence-corrected chi connectivity index (χ0v) is 26.2. The van der Waals surface area contributed by atoms with Gasteiger partial charge in [-0.1, -0.05) is 125 Å². The van der Waals surface area contributed by atoms with Crippen LogP contribution in [0.3, 0.4) is 0 Å². The summed E-state index contributed by atoms with van der Waals surface area (Å²) < 4.78 is 0. The fraction of sp³-hybridized carbons (Fsp3) is 0.159. The van der Waals surface area contributed by atoms with Crippen LogP contribution in [0.15, 0.2) is 121 Å². The first-order valence-corrected chi connectivity index (χ1v) is 16.0. The minimum atomic E-state index is -0.0587. The molecule has 0 bridgehead atoms. The van der Waals surface area contributed by atoms with Gasteiger partial charge >= 0.3 is 0 Å². The fourth-order valence-electron chi connectivity index (χ4n) is 8.36. The molecule has 1 heteroatoms. The molecule has 0 amide bonds. The summed E-state index contributed by atoms with van der Waals surface area (Å²) in [5.74, 6) is 0.123. The maximum Gasteiger partial charge on any atom is 0.193 e. The van der Waals surface area contributed by atoms with Crippen molar-refractivity contribution < 1.29 is 4.79 Å². The van der Waals surface area contributed by atoms with Crippen LogP contribution in [-0.4, -0.2) is 5.78 Å². The summed E-state index contributed by atoms with van der Waals surface area (Å²) in [6.07, 6.45) is 0.774. The zero-order chi connectivity index (χ0) is 30.7. The van der Waals surface area contributed by atoms with Crippen molar-refractivity contribution in [2.45, 2.75) is 44.9 Å². The molecule has 1 nitrogen and oxygen atoms in total. The van der Waals surface area contributed by atoms with Crippen LogP contribution in [-0.2, 0) is 17.3 Å². The summed E-state index contributed by atoms with van der Waals surface area (Å²) >= 11 is 0. The molecule has 0 aliphatic heterocycles. The quantitative estimate of drug-likeness (QED) is 0.199. The molecule has 0 unspecified atom stereocenters. The van der Waals surface area contributed by atoms with Gasteiger partial charge in [0.1, 0.15) is 0 Å². The molecule has 6 aromatic rings. The first-order chi connectivity index (χ1) is 21.7. The number of fused-ring (bicyclic) bond motifs is 8. The van der Waals surface area contributed by atoms with Gasteiger partial charge in [-0.05, 0) is 109 Å². The summed E-state index contributed by atoms with van der Waals surface area (Å²) in [7, 11) is 0. The van der Waals surface area contributed by atoms with Crippen LogP contribution in [0.25, 0.3) is 44.5 Å². The Bertz CT molecular complexity index is 2100. The molecule has 3 aliphatic carbocycles. The molecular formula is C44H34O. The van der Waals surface area contributed by atoms with E-state index in [-0.39, 0.29) is 16.6 Å². The van der Waals surface area contributed by atoms with Crippen molar-refractivity contribution >= 4 is 5.78 Å². The second-order valence-electron chi connectivity index (χ2n) is 14.1. The van der Waals surface area contributed by atoms with Gasteiger partial charge in [0, 0.05) is 22.0 Å². The van der Waals surface area contributed by atoms with Crippen LogP contribution in [0, 0.1) is 0 Å². The second-order valence-corrected chi connectivity index (χ2v) is 14.1. The molecule has 0 spiro atoms. The second kappa shape index (κ2) is 9.02. The largest absolute Gasteiger partial charge is 0.289 e. The lowest BCUT2D eigenvalue weighted by Gasteiger charge is -2.23. The summed E-state index contributed by atoms with van der Waals surface area (Å²) in [6, 6.07) is 44.1. The SMILES string of the molecule is CC1(C)c2ccccc2-c2ccc(-c3ccc4c(c3)C(=O)c3cc(-c5ccc6c(c5)C(C)(C)c5ccccc5-6)ccc3C4)cc21. The predicted octanol–water partition coefficient (Wildman–Crippen LogP) is 10.8. The molecule has 0 saturated heterocycles. The number of benzene rings is 6. The Morgan fingerprint density at radius 1 is 0.400 bits per heavy atom. The third-order valence-electron chi connectivity index (χ3n) is 10.9. The van der Waals surface area contributed by atoms with Gasteiger partial charge < -0.3 is 0 Å². The molecule has 216 valence electrons. The monoisotopic (exact) mass is 578 g/mol. The van der Waals surface area contributed by atoms with E-state index >= 15 is 0 Å². The molecule has 0 fully saturated rings. The Morgan fingerprint density at radius 2 is 0.778 bits per heavy atom. The molecular weight excluding hydrogens is 544 g/mol. The number of carbonyl (C=O) groups is 1. The van der Waals surface area contributed by atoms with Crippen molar-refractivity contribution in [3.63, 3.8) is 0 Å². The first kappa shape index (κ1) is 26.4. The smallest absolute Gasteiger partial charge is 0.193 e. The van der Waals surface area contributed by atoms with Crippen molar-refractivity contribution in [3.8, 4) is 44.5 Å². The molecule has 0 heterocycles. The van der Waals surface area contributed by atoms with E-state index in [1.165, 1.54) is 44.5 Å². The van der Waals surface area contributed by atoms with Gasteiger partial charge in [0.25, 0.3) is 0 Å². The lowest BCUT2D eigenvalue weighted by Crippen LogP contribution is -2.16. The highest BCUT2D eigenvalue weighted by Crippen LogP contribution is 2.51. The topological polar surface area (TPSA) is 17.1 Å². The molecule has 45 heavy (non-hydrogen) atoms. The summed E-state index contributed by atoms with van der Waals surface area (Å²) in [5, 5.41) is 0. The van der Waals surface area contributed by atoms with Crippen molar-refractivity contribution in [1.82, 2.24) is 0 Å². The summed E-state index contributed by atoms with van der Waals surface area (Å²) in [6.45, 7) is 9.25. The van der Waals surface area contributed by atoms with Crippen LogP contribution >= 0.6 is 0 Å². The van der Waals surface area contributed by atoms with Gasteiger partial charge in [0.05, 0.1) is 0 Å². The van der Waals surface area contributed by atoms with E-state index < -0.39 is 0 Å². The van der Waals surface area contributed by atoms with E-state index in [4.69, 9.17) is 0 Å². The molecule has 9 rings (SSSR count). The number of hydrogen-bond donors (Lipinski definition) is 0. The van der Waals surface area contributed by atoms with Crippen LogP contribution in [0.5, 0.6) is 0 Å². The zero-order valence-electron chi connectivity index (χ0n) is 26.2. The summed E-state index contributed by atoms with van der Waals surface area (Å²) in [4.78, 5) is 14.2. The van der Waals surface area contributed by atoms with Gasteiger partial charge in [-0.25, -0.2) is 0 Å². The first-order valence-electron chi connectivity index (χ1n) is 16.0. The van der Waals surface area contributed by atoms with Crippen molar-refractivity contribution in [2.24, 2.45) is 0 Å². The van der Waals surface area contributed by atoms with Gasteiger partial charge in [0.2, 0.25) is 0 Å². The molecule has 0 saturated carbocycles. The van der Waals surface area contributed by atoms with E-state index in [1.807, 2.05) is 0 Å². The Morgan fingerprint density at radius 3 is 1.24 bits per heavy atom. The van der Waals surface area contributed by atoms with Gasteiger partial charge in [-0.2, -0.15) is 0 Å². The fourth-order valence-corrected chi connectivity index (χ4v) is 8.36. The van der Waals surface area contributed by atoms with Crippen LogP contribution in [0.2, 0.25) is 0 Å². The standard InChI is InChI=1S/C44H34O/c1-43(2)38-11-7-5-9-32(38)34-19-17-28(24-40(34)43)26-13-15-30-21-31-16-14-27(23-37(31)42(45)36(30)22-26)29-18-20-35-33-10-6-8-12-39(33)44(3,4)41(35)25-29/h5-20,22-25H,21H2,1-4H3. The normalized spacial score (nSPS) is 15.9. The van der Waals surface area contributed by atoms with Gasteiger partial charge in [0.15, 0.2) is 5.78 Å². The molecule has 0 atom stereocenters. The maximum atomic E-state index is 14.2. The van der Waals surface area contributed by atoms with E-state index in [0.717, 1.165) is 50.9 Å². The Labute approximate surface area is 265 Å². The van der Waals surface area contributed by atoms with Gasteiger partial charge in [-0.3, -0.25) is 4.79 Å². The highest BCUT2D eigenvalue weighted by Gasteiger charge is 2.36. The Hall–Kier alpha value is -5.01. The van der Waals surface area contributed by atoms with Crippen LogP contribution < -0.4 is 0 Å². The highest BCUT2D eigenvalue weighted by atomic mass is 16.1. The number of hydrogen-bond acceptors (Lipinski definition) is 1. The number of rotatable bonds is 2. The Kier molecular flexibility index (Phi) is 5.29. The number of carbonyl (C=O) groups excluding carboxylic acids is 1. The van der Waals surface area contributed by atoms with E-state index in [0.29, 0.717) is 0 Å². The third kappa shape index (κ3) is 3.64. The average Bonchev–Trinajstić information content (AvgIpc) is 3.44.